The highest BCUT2D eigenvalue weighted by Gasteiger charge is 2.30. The second kappa shape index (κ2) is 8.20. The molecule has 29 heavy (non-hydrogen) atoms. The van der Waals surface area contributed by atoms with E-state index in [2.05, 4.69) is 14.9 Å². The van der Waals surface area contributed by atoms with Crippen LogP contribution in [0.2, 0.25) is 0 Å². The van der Waals surface area contributed by atoms with E-state index in [0.717, 1.165) is 18.2 Å². The van der Waals surface area contributed by atoms with Gasteiger partial charge in [-0.05, 0) is 36.8 Å². The van der Waals surface area contributed by atoms with Gasteiger partial charge in [0.15, 0.2) is 5.82 Å². The van der Waals surface area contributed by atoms with E-state index < -0.39 is 55.6 Å². The molecule has 0 radical (unpaired) electrons. The van der Waals surface area contributed by atoms with Crippen molar-refractivity contribution in [1.29, 1.82) is 0 Å². The lowest BCUT2D eigenvalue weighted by Crippen LogP contribution is -2.35. The van der Waals surface area contributed by atoms with Crippen molar-refractivity contribution in [3.05, 3.63) is 64.8 Å². The fraction of sp³-hybridized carbons (Fsp3) is 0.222. The van der Waals surface area contributed by atoms with Crippen molar-refractivity contribution in [2.75, 3.05) is 18.5 Å². The van der Waals surface area contributed by atoms with E-state index in [1.165, 1.54) is 0 Å². The minimum absolute atomic E-state index is 0.0873. The number of sulfonamides is 1. The topological polar surface area (TPSA) is 88.9 Å². The third-order valence-corrected chi connectivity index (χ3v) is 5.69. The number of anilines is 1. The molecule has 2 aromatic rings. The van der Waals surface area contributed by atoms with Crippen LogP contribution in [0.15, 0.2) is 35.2 Å². The van der Waals surface area contributed by atoms with Gasteiger partial charge in [-0.2, -0.15) is 0 Å². The summed E-state index contributed by atoms with van der Waals surface area (Å²) in [7, 11) is -4.38. The first-order chi connectivity index (χ1) is 13.7. The SMILES string of the molecule is [C-]#[N+]c1cc(NC(=O)c2c(F)ccc(S(=O)(=O)N[C@H]3CCOC3)c2F)ccc1F. The fourth-order valence-electron chi connectivity index (χ4n) is 2.73. The highest BCUT2D eigenvalue weighted by atomic mass is 32.2. The quantitative estimate of drug-likeness (QED) is 0.721. The molecular formula is C18H14F3N3O4S. The summed E-state index contributed by atoms with van der Waals surface area (Å²) >= 11 is 0. The molecule has 3 rings (SSSR count). The molecule has 1 heterocycles. The number of ether oxygens (including phenoxy) is 1. The Morgan fingerprint density at radius 2 is 1.90 bits per heavy atom. The van der Waals surface area contributed by atoms with Crippen molar-refractivity contribution < 1.29 is 31.1 Å². The lowest BCUT2D eigenvalue weighted by atomic mass is 10.1. The van der Waals surface area contributed by atoms with Crippen molar-refractivity contribution in [2.45, 2.75) is 17.4 Å². The molecule has 0 saturated carbocycles. The van der Waals surface area contributed by atoms with Crippen LogP contribution in [0.1, 0.15) is 16.8 Å². The smallest absolute Gasteiger partial charge is 0.261 e. The Morgan fingerprint density at radius 1 is 1.17 bits per heavy atom. The number of amides is 1. The van der Waals surface area contributed by atoms with Crippen LogP contribution in [-0.4, -0.2) is 33.6 Å². The zero-order valence-corrected chi connectivity index (χ0v) is 15.5. The Balaban J connectivity index is 1.92. The number of halogens is 3. The Bertz CT molecular complexity index is 1110. The van der Waals surface area contributed by atoms with Gasteiger partial charge in [0.1, 0.15) is 22.1 Å². The Kier molecular flexibility index (Phi) is 5.88. The van der Waals surface area contributed by atoms with E-state index >= 15 is 0 Å². The summed E-state index contributed by atoms with van der Waals surface area (Å²) in [5.74, 6) is -4.97. The van der Waals surface area contributed by atoms with E-state index in [-0.39, 0.29) is 12.3 Å². The number of carbonyl (C=O) groups is 1. The van der Waals surface area contributed by atoms with Crippen LogP contribution < -0.4 is 10.0 Å². The molecule has 1 aliphatic rings. The van der Waals surface area contributed by atoms with Crippen molar-refractivity contribution in [2.24, 2.45) is 0 Å². The molecule has 0 aliphatic carbocycles. The van der Waals surface area contributed by atoms with Crippen LogP contribution >= 0.6 is 0 Å². The van der Waals surface area contributed by atoms with Crippen LogP contribution in [0.25, 0.3) is 4.85 Å². The van der Waals surface area contributed by atoms with Crippen molar-refractivity contribution >= 4 is 27.3 Å². The maximum atomic E-state index is 14.8. The zero-order chi connectivity index (χ0) is 21.2. The molecule has 7 nitrogen and oxygen atoms in total. The van der Waals surface area contributed by atoms with Crippen LogP contribution in [0.5, 0.6) is 0 Å². The van der Waals surface area contributed by atoms with Gasteiger partial charge in [0.25, 0.3) is 5.91 Å². The molecule has 152 valence electrons. The standard InChI is InChI=1S/C18H14F3N3O4S/c1-22-14-8-10(2-3-12(14)19)23-18(25)16-13(20)4-5-15(17(16)21)29(26,27)24-11-6-7-28-9-11/h2-5,8,11,24H,6-7,9H2,(H,23,25)/t11-/m0/s1. The van der Waals surface area contributed by atoms with Gasteiger partial charge in [-0.3, -0.25) is 4.79 Å². The number of nitrogens with zero attached hydrogens (tertiary/aromatic N) is 1. The summed E-state index contributed by atoms with van der Waals surface area (Å²) < 4.78 is 74.5. The molecule has 2 N–H and O–H groups in total. The number of rotatable bonds is 5. The van der Waals surface area contributed by atoms with Gasteiger partial charge in [-0.1, -0.05) is 0 Å². The fourth-order valence-corrected chi connectivity index (χ4v) is 4.07. The van der Waals surface area contributed by atoms with E-state index in [9.17, 15) is 26.4 Å². The van der Waals surface area contributed by atoms with E-state index in [0.29, 0.717) is 25.2 Å². The summed E-state index contributed by atoms with van der Waals surface area (Å²) in [5.41, 5.74) is -1.61. The van der Waals surface area contributed by atoms with E-state index in [1.807, 2.05) is 0 Å². The molecular weight excluding hydrogens is 411 g/mol. The summed E-state index contributed by atoms with van der Waals surface area (Å²) in [6, 6.07) is 3.80. The molecule has 11 heteroatoms. The Morgan fingerprint density at radius 3 is 2.55 bits per heavy atom. The number of hydrogen-bond acceptors (Lipinski definition) is 4. The largest absolute Gasteiger partial charge is 0.380 e. The third-order valence-electron chi connectivity index (χ3n) is 4.15. The maximum Gasteiger partial charge on any atom is 0.261 e. The molecule has 1 fully saturated rings. The molecule has 2 aromatic carbocycles. The van der Waals surface area contributed by atoms with Crippen molar-refractivity contribution in [3.63, 3.8) is 0 Å². The average molecular weight is 425 g/mol. The second-order valence-electron chi connectivity index (χ2n) is 6.15. The van der Waals surface area contributed by atoms with Gasteiger partial charge in [0.2, 0.25) is 15.7 Å². The van der Waals surface area contributed by atoms with Gasteiger partial charge < -0.3 is 10.1 Å². The van der Waals surface area contributed by atoms with Gasteiger partial charge in [-0.25, -0.2) is 31.2 Å². The highest BCUT2D eigenvalue weighted by molar-refractivity contribution is 7.89. The summed E-state index contributed by atoms with van der Waals surface area (Å²) in [5, 5.41) is 2.13. The predicted octanol–water partition coefficient (Wildman–Crippen LogP) is 2.97. The molecule has 0 aromatic heterocycles. The molecule has 0 unspecified atom stereocenters. The third kappa shape index (κ3) is 4.40. The van der Waals surface area contributed by atoms with Crippen LogP contribution in [-0.2, 0) is 14.8 Å². The summed E-state index contributed by atoms with van der Waals surface area (Å²) in [6.07, 6.45) is 0.392. The minimum atomic E-state index is -4.38. The molecule has 1 amide bonds. The summed E-state index contributed by atoms with van der Waals surface area (Å²) in [6.45, 7) is 7.31. The lowest BCUT2D eigenvalue weighted by molar-refractivity contribution is 0.101. The average Bonchev–Trinajstić information content (AvgIpc) is 3.15. The van der Waals surface area contributed by atoms with Crippen LogP contribution in [0.3, 0.4) is 0 Å². The first-order valence-corrected chi connectivity index (χ1v) is 9.77. The molecule has 0 spiro atoms. The van der Waals surface area contributed by atoms with Gasteiger partial charge >= 0.3 is 0 Å². The van der Waals surface area contributed by atoms with E-state index in [4.69, 9.17) is 11.3 Å². The van der Waals surface area contributed by atoms with Crippen LogP contribution in [0.4, 0.5) is 24.5 Å². The first-order valence-electron chi connectivity index (χ1n) is 8.29. The van der Waals surface area contributed by atoms with Crippen LogP contribution in [0, 0.1) is 24.0 Å². The zero-order valence-electron chi connectivity index (χ0n) is 14.7. The molecule has 0 bridgehead atoms. The number of benzene rings is 2. The first kappa shape index (κ1) is 20.8. The second-order valence-corrected chi connectivity index (χ2v) is 7.83. The number of nitrogens with one attached hydrogen (secondary N) is 2. The lowest BCUT2D eigenvalue weighted by Gasteiger charge is -2.14. The van der Waals surface area contributed by atoms with Gasteiger partial charge in [0.05, 0.1) is 13.2 Å². The molecule has 1 aliphatic heterocycles. The Labute approximate surface area is 164 Å². The summed E-state index contributed by atoms with van der Waals surface area (Å²) in [4.78, 5) is 14.4. The van der Waals surface area contributed by atoms with Gasteiger partial charge in [-0.15, -0.1) is 0 Å². The molecule has 1 saturated heterocycles. The van der Waals surface area contributed by atoms with E-state index in [1.54, 1.807) is 0 Å². The maximum absolute atomic E-state index is 14.8. The number of carbonyl (C=O) groups excluding carboxylic acids is 1. The van der Waals surface area contributed by atoms with Crippen molar-refractivity contribution in [1.82, 2.24) is 4.72 Å². The highest BCUT2D eigenvalue weighted by Crippen LogP contribution is 2.25. The van der Waals surface area contributed by atoms with Crippen molar-refractivity contribution in [3.8, 4) is 0 Å². The minimum Gasteiger partial charge on any atom is -0.380 e. The predicted molar refractivity (Wildman–Crippen MR) is 96.5 cm³/mol. The Hall–Kier alpha value is -2.94. The molecule has 1 atom stereocenters. The monoisotopic (exact) mass is 425 g/mol. The normalized spacial score (nSPS) is 16.4. The van der Waals surface area contributed by atoms with Gasteiger partial charge in [0, 0.05) is 18.3 Å². The number of hydrogen-bond donors (Lipinski definition) is 2.